The van der Waals surface area contributed by atoms with Crippen LogP contribution >= 0.6 is 11.8 Å². The van der Waals surface area contributed by atoms with Gasteiger partial charge in [-0.25, -0.2) is 4.98 Å². The second kappa shape index (κ2) is 6.11. The molecule has 1 heterocycles. The number of nitrogens with zero attached hydrogens (tertiary/aromatic N) is 1. The highest BCUT2D eigenvalue weighted by Crippen LogP contribution is 2.27. The lowest BCUT2D eigenvalue weighted by Gasteiger charge is -2.03. The normalized spacial score (nSPS) is 11.1. The molecular formula is C16H17N3S. The van der Waals surface area contributed by atoms with Gasteiger partial charge < -0.3 is 10.3 Å². The van der Waals surface area contributed by atoms with Gasteiger partial charge in [0.25, 0.3) is 0 Å². The van der Waals surface area contributed by atoms with E-state index in [9.17, 15) is 0 Å². The molecule has 2 aromatic carbocycles. The second-order valence-corrected chi connectivity index (χ2v) is 5.65. The quantitative estimate of drug-likeness (QED) is 0.748. The monoisotopic (exact) mass is 283 g/mol. The molecule has 0 saturated carbocycles. The molecule has 3 nitrogen and oxygen atoms in total. The summed E-state index contributed by atoms with van der Waals surface area (Å²) in [6.45, 7) is 4.04. The SMILES string of the molecule is CCNCc1ccc(Sc2nc3ccccc3[nH]2)cc1. The minimum atomic E-state index is 0.923. The van der Waals surface area contributed by atoms with Gasteiger partial charge in [0.1, 0.15) is 0 Å². The van der Waals surface area contributed by atoms with Gasteiger partial charge in [-0.05, 0) is 36.4 Å². The molecule has 0 fully saturated rings. The molecule has 0 aliphatic heterocycles. The molecule has 0 amide bonds. The second-order valence-electron chi connectivity index (χ2n) is 4.59. The first kappa shape index (κ1) is 13.2. The summed E-state index contributed by atoms with van der Waals surface area (Å²) >= 11 is 1.66. The number of nitrogens with one attached hydrogen (secondary N) is 2. The number of aromatic nitrogens is 2. The molecule has 0 aliphatic carbocycles. The van der Waals surface area contributed by atoms with E-state index in [-0.39, 0.29) is 0 Å². The van der Waals surface area contributed by atoms with Crippen molar-refractivity contribution in [2.24, 2.45) is 0 Å². The van der Waals surface area contributed by atoms with E-state index >= 15 is 0 Å². The van der Waals surface area contributed by atoms with Crippen LogP contribution in [0.5, 0.6) is 0 Å². The minimum Gasteiger partial charge on any atom is -0.333 e. The van der Waals surface area contributed by atoms with Gasteiger partial charge in [-0.1, -0.05) is 43.0 Å². The summed E-state index contributed by atoms with van der Waals surface area (Å²) in [6.07, 6.45) is 0. The summed E-state index contributed by atoms with van der Waals surface area (Å²) < 4.78 is 0. The lowest BCUT2D eigenvalue weighted by molar-refractivity contribution is 0.726. The molecular weight excluding hydrogens is 266 g/mol. The number of H-pyrrole nitrogens is 1. The first-order valence-electron chi connectivity index (χ1n) is 6.77. The fourth-order valence-electron chi connectivity index (χ4n) is 2.03. The molecule has 20 heavy (non-hydrogen) atoms. The highest BCUT2D eigenvalue weighted by atomic mass is 32.2. The average Bonchev–Trinajstić information content (AvgIpc) is 2.89. The van der Waals surface area contributed by atoms with Crippen molar-refractivity contribution < 1.29 is 0 Å². The molecule has 102 valence electrons. The summed E-state index contributed by atoms with van der Waals surface area (Å²) in [5.41, 5.74) is 3.40. The topological polar surface area (TPSA) is 40.7 Å². The summed E-state index contributed by atoms with van der Waals surface area (Å²) in [4.78, 5) is 9.11. The van der Waals surface area contributed by atoms with Crippen molar-refractivity contribution >= 4 is 22.8 Å². The van der Waals surface area contributed by atoms with Crippen molar-refractivity contribution in [3.8, 4) is 0 Å². The first-order valence-corrected chi connectivity index (χ1v) is 7.59. The van der Waals surface area contributed by atoms with Crippen LogP contribution in [0, 0.1) is 0 Å². The van der Waals surface area contributed by atoms with E-state index in [2.05, 4.69) is 46.5 Å². The smallest absolute Gasteiger partial charge is 0.171 e. The molecule has 3 rings (SSSR count). The van der Waals surface area contributed by atoms with E-state index in [4.69, 9.17) is 0 Å². The Morgan fingerprint density at radius 1 is 1.10 bits per heavy atom. The summed E-state index contributed by atoms with van der Waals surface area (Å²) in [7, 11) is 0. The Bertz CT molecular complexity index is 655. The summed E-state index contributed by atoms with van der Waals surface area (Å²) in [6, 6.07) is 16.7. The van der Waals surface area contributed by atoms with E-state index in [0.717, 1.165) is 29.3 Å². The molecule has 0 unspecified atom stereocenters. The van der Waals surface area contributed by atoms with Crippen molar-refractivity contribution in [2.45, 2.75) is 23.5 Å². The van der Waals surface area contributed by atoms with Crippen LogP contribution in [-0.4, -0.2) is 16.5 Å². The lowest BCUT2D eigenvalue weighted by Crippen LogP contribution is -2.11. The van der Waals surface area contributed by atoms with Crippen LogP contribution < -0.4 is 5.32 Å². The van der Waals surface area contributed by atoms with Crippen molar-refractivity contribution in [1.29, 1.82) is 0 Å². The number of para-hydroxylation sites is 2. The minimum absolute atomic E-state index is 0.923. The maximum atomic E-state index is 4.58. The third-order valence-corrected chi connectivity index (χ3v) is 3.98. The Morgan fingerprint density at radius 3 is 2.65 bits per heavy atom. The summed E-state index contributed by atoms with van der Waals surface area (Å²) in [5.74, 6) is 0. The van der Waals surface area contributed by atoms with Crippen LogP contribution in [-0.2, 0) is 6.54 Å². The van der Waals surface area contributed by atoms with Crippen molar-refractivity contribution in [3.63, 3.8) is 0 Å². The molecule has 1 aromatic heterocycles. The molecule has 0 saturated heterocycles. The zero-order chi connectivity index (χ0) is 13.8. The number of hydrogen-bond acceptors (Lipinski definition) is 3. The highest BCUT2D eigenvalue weighted by molar-refractivity contribution is 7.99. The van der Waals surface area contributed by atoms with E-state index in [1.165, 1.54) is 10.5 Å². The van der Waals surface area contributed by atoms with Crippen molar-refractivity contribution in [3.05, 3.63) is 54.1 Å². The van der Waals surface area contributed by atoms with Crippen LogP contribution in [0.3, 0.4) is 0 Å². The predicted octanol–water partition coefficient (Wildman–Crippen LogP) is 3.82. The fraction of sp³-hybridized carbons (Fsp3) is 0.188. The van der Waals surface area contributed by atoms with Gasteiger partial charge >= 0.3 is 0 Å². The van der Waals surface area contributed by atoms with Crippen LogP contribution in [0.15, 0.2) is 58.6 Å². The van der Waals surface area contributed by atoms with Gasteiger partial charge in [0.2, 0.25) is 0 Å². The van der Waals surface area contributed by atoms with Gasteiger partial charge in [0, 0.05) is 11.4 Å². The van der Waals surface area contributed by atoms with Crippen LogP contribution in [0.25, 0.3) is 11.0 Å². The molecule has 2 N–H and O–H groups in total. The first-order chi connectivity index (χ1) is 9.85. The standard InChI is InChI=1S/C16H17N3S/c1-2-17-11-12-7-9-13(10-8-12)20-16-18-14-5-3-4-6-15(14)19-16/h3-10,17H,2,11H2,1H3,(H,18,19). The zero-order valence-electron chi connectivity index (χ0n) is 11.4. The van der Waals surface area contributed by atoms with E-state index in [0.29, 0.717) is 0 Å². The largest absolute Gasteiger partial charge is 0.333 e. The highest BCUT2D eigenvalue weighted by Gasteiger charge is 2.04. The molecule has 0 radical (unpaired) electrons. The predicted molar refractivity (Wildman–Crippen MR) is 84.0 cm³/mol. The average molecular weight is 283 g/mol. The maximum Gasteiger partial charge on any atom is 0.171 e. The van der Waals surface area contributed by atoms with Crippen LogP contribution in [0.2, 0.25) is 0 Å². The lowest BCUT2D eigenvalue weighted by atomic mass is 10.2. The van der Waals surface area contributed by atoms with Crippen LogP contribution in [0.1, 0.15) is 12.5 Å². The van der Waals surface area contributed by atoms with E-state index in [1.807, 2.05) is 24.3 Å². The van der Waals surface area contributed by atoms with E-state index in [1.54, 1.807) is 11.8 Å². The van der Waals surface area contributed by atoms with Crippen molar-refractivity contribution in [1.82, 2.24) is 15.3 Å². The van der Waals surface area contributed by atoms with Crippen molar-refractivity contribution in [2.75, 3.05) is 6.54 Å². The Morgan fingerprint density at radius 2 is 1.90 bits per heavy atom. The molecule has 4 heteroatoms. The maximum absolute atomic E-state index is 4.58. The van der Waals surface area contributed by atoms with Crippen LogP contribution in [0.4, 0.5) is 0 Å². The van der Waals surface area contributed by atoms with E-state index < -0.39 is 0 Å². The number of hydrogen-bond donors (Lipinski definition) is 2. The van der Waals surface area contributed by atoms with Gasteiger partial charge in [-0.3, -0.25) is 0 Å². The van der Waals surface area contributed by atoms with Gasteiger partial charge in [0.15, 0.2) is 5.16 Å². The molecule has 0 atom stereocenters. The molecule has 0 spiro atoms. The Labute approximate surface area is 122 Å². The van der Waals surface area contributed by atoms with Gasteiger partial charge in [-0.15, -0.1) is 0 Å². The van der Waals surface area contributed by atoms with Gasteiger partial charge in [-0.2, -0.15) is 0 Å². The Hall–Kier alpha value is -1.78. The molecule has 0 bridgehead atoms. The number of benzene rings is 2. The van der Waals surface area contributed by atoms with Gasteiger partial charge in [0.05, 0.1) is 11.0 Å². The Kier molecular flexibility index (Phi) is 4.04. The number of rotatable bonds is 5. The number of fused-ring (bicyclic) bond motifs is 1. The fourth-order valence-corrected chi connectivity index (χ4v) is 2.83. The third-order valence-electron chi connectivity index (χ3n) is 3.08. The summed E-state index contributed by atoms with van der Waals surface area (Å²) in [5, 5.41) is 4.26. The Balaban J connectivity index is 1.73. The number of imidazole rings is 1. The zero-order valence-corrected chi connectivity index (χ0v) is 12.2. The molecule has 3 aromatic rings. The number of aromatic amines is 1. The molecule has 0 aliphatic rings. The third kappa shape index (κ3) is 3.03.